The standard InChI is InChI=1S/C14H21N5/c1-11-7-18(2)14(17-11)12-4-3-5-19(8-12)9-13-6-15-10-16-13/h6-7,10,12H,3-5,8-9H2,1-2H3,(H,15,16). The Morgan fingerprint density at radius 3 is 3.05 bits per heavy atom. The minimum atomic E-state index is 0.551. The molecule has 1 aliphatic heterocycles. The topological polar surface area (TPSA) is 49.7 Å². The summed E-state index contributed by atoms with van der Waals surface area (Å²) >= 11 is 0. The van der Waals surface area contributed by atoms with E-state index in [1.165, 1.54) is 30.9 Å². The van der Waals surface area contributed by atoms with Crippen molar-refractivity contribution in [2.45, 2.75) is 32.2 Å². The Morgan fingerprint density at radius 1 is 1.47 bits per heavy atom. The summed E-state index contributed by atoms with van der Waals surface area (Å²) in [7, 11) is 2.10. The molecule has 1 fully saturated rings. The molecule has 2 aromatic rings. The van der Waals surface area contributed by atoms with Crippen LogP contribution >= 0.6 is 0 Å². The van der Waals surface area contributed by atoms with Crippen LogP contribution in [0.25, 0.3) is 0 Å². The van der Waals surface area contributed by atoms with Gasteiger partial charge in [0.1, 0.15) is 5.82 Å². The molecule has 5 heteroatoms. The molecule has 5 nitrogen and oxygen atoms in total. The van der Waals surface area contributed by atoms with Gasteiger partial charge in [0.2, 0.25) is 0 Å². The number of hydrogen-bond donors (Lipinski definition) is 1. The lowest BCUT2D eigenvalue weighted by Crippen LogP contribution is -2.34. The highest BCUT2D eigenvalue weighted by molar-refractivity contribution is 5.08. The number of H-pyrrole nitrogens is 1. The second-order valence-electron chi connectivity index (χ2n) is 5.50. The average molecular weight is 259 g/mol. The number of aromatic nitrogens is 4. The van der Waals surface area contributed by atoms with Crippen molar-refractivity contribution < 1.29 is 0 Å². The lowest BCUT2D eigenvalue weighted by molar-refractivity contribution is 0.193. The molecule has 19 heavy (non-hydrogen) atoms. The summed E-state index contributed by atoms with van der Waals surface area (Å²) in [6, 6.07) is 0. The first-order chi connectivity index (χ1) is 9.22. The SMILES string of the molecule is Cc1cn(C)c(C2CCCN(Cc3cnc[nH]3)C2)n1. The number of aromatic amines is 1. The van der Waals surface area contributed by atoms with E-state index < -0.39 is 0 Å². The van der Waals surface area contributed by atoms with Crippen molar-refractivity contribution in [1.29, 1.82) is 0 Å². The molecule has 0 aromatic carbocycles. The number of rotatable bonds is 3. The van der Waals surface area contributed by atoms with Crippen LogP contribution in [0, 0.1) is 6.92 Å². The normalized spacial score (nSPS) is 20.8. The molecule has 0 radical (unpaired) electrons. The van der Waals surface area contributed by atoms with E-state index in [9.17, 15) is 0 Å². The minimum absolute atomic E-state index is 0.551. The lowest BCUT2D eigenvalue weighted by Gasteiger charge is -2.31. The summed E-state index contributed by atoms with van der Waals surface area (Å²) in [6.45, 7) is 5.27. The minimum Gasteiger partial charge on any atom is -0.347 e. The maximum absolute atomic E-state index is 4.68. The van der Waals surface area contributed by atoms with Gasteiger partial charge in [0.25, 0.3) is 0 Å². The molecule has 3 heterocycles. The van der Waals surface area contributed by atoms with Crippen LogP contribution in [0.4, 0.5) is 0 Å². The lowest BCUT2D eigenvalue weighted by atomic mass is 9.97. The van der Waals surface area contributed by atoms with E-state index in [1.807, 2.05) is 6.20 Å². The molecule has 0 saturated carbocycles. The number of nitrogens with one attached hydrogen (secondary N) is 1. The first-order valence-corrected chi connectivity index (χ1v) is 6.92. The Balaban J connectivity index is 1.69. The van der Waals surface area contributed by atoms with Crippen molar-refractivity contribution >= 4 is 0 Å². The predicted molar refractivity (Wildman–Crippen MR) is 73.8 cm³/mol. The quantitative estimate of drug-likeness (QED) is 0.915. The zero-order chi connectivity index (χ0) is 13.2. The third-order valence-electron chi connectivity index (χ3n) is 3.85. The molecule has 1 unspecified atom stereocenters. The number of likely N-dealkylation sites (tertiary alicyclic amines) is 1. The van der Waals surface area contributed by atoms with Crippen LogP contribution in [0.3, 0.4) is 0 Å². The van der Waals surface area contributed by atoms with E-state index in [0.29, 0.717) is 5.92 Å². The third-order valence-corrected chi connectivity index (χ3v) is 3.85. The first-order valence-electron chi connectivity index (χ1n) is 6.92. The molecular weight excluding hydrogens is 238 g/mol. The maximum atomic E-state index is 4.68. The summed E-state index contributed by atoms with van der Waals surface area (Å²) in [5.74, 6) is 1.78. The molecule has 1 atom stereocenters. The zero-order valence-corrected chi connectivity index (χ0v) is 11.6. The second kappa shape index (κ2) is 5.17. The third kappa shape index (κ3) is 2.71. The van der Waals surface area contributed by atoms with Gasteiger partial charge in [0, 0.05) is 44.1 Å². The molecule has 0 amide bonds. The molecule has 102 valence electrons. The van der Waals surface area contributed by atoms with Gasteiger partial charge in [-0.2, -0.15) is 0 Å². The van der Waals surface area contributed by atoms with Crippen LogP contribution in [0.5, 0.6) is 0 Å². The highest BCUT2D eigenvalue weighted by Gasteiger charge is 2.24. The number of piperidine rings is 1. The highest BCUT2D eigenvalue weighted by Crippen LogP contribution is 2.26. The molecular formula is C14H21N5. The number of aryl methyl sites for hydroxylation is 2. The molecule has 2 aromatic heterocycles. The van der Waals surface area contributed by atoms with Crippen molar-refractivity contribution in [2.24, 2.45) is 7.05 Å². The molecule has 0 aliphatic carbocycles. The Bertz CT molecular complexity index is 528. The van der Waals surface area contributed by atoms with Gasteiger partial charge < -0.3 is 9.55 Å². The molecule has 0 spiro atoms. The van der Waals surface area contributed by atoms with Crippen LogP contribution in [0.1, 0.15) is 36.0 Å². The Hall–Kier alpha value is -1.62. The molecule has 0 bridgehead atoms. The van der Waals surface area contributed by atoms with Crippen molar-refractivity contribution in [1.82, 2.24) is 24.4 Å². The van der Waals surface area contributed by atoms with Crippen molar-refractivity contribution in [2.75, 3.05) is 13.1 Å². The van der Waals surface area contributed by atoms with Crippen molar-refractivity contribution in [3.8, 4) is 0 Å². The Labute approximate surface area is 113 Å². The van der Waals surface area contributed by atoms with Crippen molar-refractivity contribution in [3.05, 3.63) is 35.9 Å². The van der Waals surface area contributed by atoms with E-state index in [-0.39, 0.29) is 0 Å². The van der Waals surface area contributed by atoms with E-state index in [1.54, 1.807) is 6.33 Å². The zero-order valence-electron chi connectivity index (χ0n) is 11.6. The van der Waals surface area contributed by atoms with Gasteiger partial charge in [0.05, 0.1) is 12.0 Å². The van der Waals surface area contributed by atoms with Crippen molar-refractivity contribution in [3.63, 3.8) is 0 Å². The summed E-state index contributed by atoms with van der Waals surface area (Å²) in [5, 5.41) is 0. The van der Waals surface area contributed by atoms with E-state index in [2.05, 4.69) is 44.6 Å². The van der Waals surface area contributed by atoms with E-state index in [0.717, 1.165) is 18.8 Å². The monoisotopic (exact) mass is 259 g/mol. The molecule has 1 saturated heterocycles. The van der Waals surface area contributed by atoms with Crippen LogP contribution < -0.4 is 0 Å². The number of nitrogens with zero attached hydrogens (tertiary/aromatic N) is 4. The fraction of sp³-hybridized carbons (Fsp3) is 0.571. The van der Waals surface area contributed by atoms with Crippen LogP contribution in [0.2, 0.25) is 0 Å². The van der Waals surface area contributed by atoms with Gasteiger partial charge in [0.15, 0.2) is 0 Å². The van der Waals surface area contributed by atoms with E-state index in [4.69, 9.17) is 0 Å². The average Bonchev–Trinajstić information content (AvgIpc) is 2.99. The van der Waals surface area contributed by atoms with E-state index >= 15 is 0 Å². The second-order valence-corrected chi connectivity index (χ2v) is 5.50. The molecule has 1 aliphatic rings. The van der Waals surface area contributed by atoms with Gasteiger partial charge >= 0.3 is 0 Å². The number of hydrogen-bond acceptors (Lipinski definition) is 3. The van der Waals surface area contributed by atoms with Gasteiger partial charge in [-0.1, -0.05) is 0 Å². The Kier molecular flexibility index (Phi) is 3.38. The van der Waals surface area contributed by atoms with Gasteiger partial charge in [-0.05, 0) is 26.3 Å². The highest BCUT2D eigenvalue weighted by atomic mass is 15.2. The van der Waals surface area contributed by atoms with Crippen LogP contribution in [-0.4, -0.2) is 37.5 Å². The van der Waals surface area contributed by atoms with Gasteiger partial charge in [-0.25, -0.2) is 9.97 Å². The smallest absolute Gasteiger partial charge is 0.113 e. The first kappa shape index (κ1) is 12.4. The van der Waals surface area contributed by atoms with Crippen LogP contribution in [0.15, 0.2) is 18.7 Å². The molecule has 3 rings (SSSR count). The summed E-state index contributed by atoms with van der Waals surface area (Å²) < 4.78 is 2.18. The van der Waals surface area contributed by atoms with Crippen LogP contribution in [-0.2, 0) is 13.6 Å². The number of imidazole rings is 2. The fourth-order valence-electron chi connectivity index (χ4n) is 3.04. The fourth-order valence-corrected chi connectivity index (χ4v) is 3.04. The largest absolute Gasteiger partial charge is 0.347 e. The Morgan fingerprint density at radius 2 is 2.37 bits per heavy atom. The summed E-state index contributed by atoms with van der Waals surface area (Å²) in [6.07, 6.45) is 8.26. The predicted octanol–water partition coefficient (Wildman–Crippen LogP) is 1.83. The molecule has 1 N–H and O–H groups in total. The van der Waals surface area contributed by atoms with Gasteiger partial charge in [-0.3, -0.25) is 4.90 Å². The maximum Gasteiger partial charge on any atom is 0.113 e. The summed E-state index contributed by atoms with van der Waals surface area (Å²) in [4.78, 5) is 14.4. The van der Waals surface area contributed by atoms with Gasteiger partial charge in [-0.15, -0.1) is 0 Å². The summed E-state index contributed by atoms with van der Waals surface area (Å²) in [5.41, 5.74) is 2.31.